The van der Waals surface area contributed by atoms with Gasteiger partial charge in [-0.2, -0.15) is 9.37 Å². The molecular formula is C9H10N6S. The molecule has 0 amide bonds. The molecule has 0 saturated heterocycles. The Balaban J connectivity index is 2.37. The molecule has 2 aromatic rings. The number of nitrogens with zero attached hydrogens (tertiary/aromatic N) is 3. The van der Waals surface area contributed by atoms with Crippen molar-refractivity contribution in [2.45, 2.75) is 0 Å². The van der Waals surface area contributed by atoms with Crippen molar-refractivity contribution in [1.29, 1.82) is 0 Å². The number of nitrogens with two attached hydrogens (primary N) is 3. The quantitative estimate of drug-likeness (QED) is 0.492. The zero-order chi connectivity index (χ0) is 11.5. The van der Waals surface area contributed by atoms with Crippen LogP contribution in [0, 0.1) is 0 Å². The highest BCUT2D eigenvalue weighted by molar-refractivity contribution is 7.04. The van der Waals surface area contributed by atoms with Crippen molar-refractivity contribution in [2.75, 3.05) is 0 Å². The smallest absolute Gasteiger partial charge is 0.223 e. The first-order valence-electron chi connectivity index (χ1n) is 4.43. The summed E-state index contributed by atoms with van der Waals surface area (Å²) in [5, 5.41) is 3.03. The van der Waals surface area contributed by atoms with E-state index in [1.165, 1.54) is 11.5 Å². The summed E-state index contributed by atoms with van der Waals surface area (Å²) in [6, 6.07) is 5.56. The van der Waals surface area contributed by atoms with Crippen molar-refractivity contribution in [3.63, 3.8) is 0 Å². The third-order valence-electron chi connectivity index (χ3n) is 1.83. The summed E-state index contributed by atoms with van der Waals surface area (Å²) >= 11 is 1.39. The van der Waals surface area contributed by atoms with Gasteiger partial charge in [0.05, 0.1) is 11.2 Å². The number of fused-ring (bicyclic) bond motifs is 1. The zero-order valence-electron chi connectivity index (χ0n) is 8.29. The maximum Gasteiger partial charge on any atom is 0.223 e. The highest BCUT2D eigenvalue weighted by atomic mass is 32.1. The Kier molecular flexibility index (Phi) is 2.69. The Labute approximate surface area is 95.7 Å². The molecule has 1 aromatic heterocycles. The summed E-state index contributed by atoms with van der Waals surface area (Å²) in [6.45, 7) is 0. The summed E-state index contributed by atoms with van der Waals surface area (Å²) in [7, 11) is 0. The third-order valence-corrected chi connectivity index (χ3v) is 2.49. The van der Waals surface area contributed by atoms with Gasteiger partial charge in [-0.15, -0.1) is 0 Å². The SMILES string of the molecule is NC(N)=NC(N)=Nc1ccc2csnc2c1. The molecule has 82 valence electrons. The molecule has 0 aliphatic carbocycles. The molecule has 6 nitrogen and oxygen atoms in total. The third kappa shape index (κ3) is 2.26. The lowest BCUT2D eigenvalue weighted by Crippen LogP contribution is -2.26. The van der Waals surface area contributed by atoms with Crippen LogP contribution in [0.15, 0.2) is 33.6 Å². The zero-order valence-corrected chi connectivity index (χ0v) is 9.11. The van der Waals surface area contributed by atoms with Crippen molar-refractivity contribution in [1.82, 2.24) is 4.37 Å². The Bertz CT molecular complexity index is 566. The largest absolute Gasteiger partial charge is 0.370 e. The minimum atomic E-state index is -0.115. The Morgan fingerprint density at radius 2 is 2.06 bits per heavy atom. The second-order valence-corrected chi connectivity index (χ2v) is 3.69. The molecule has 1 aromatic carbocycles. The Morgan fingerprint density at radius 3 is 2.81 bits per heavy atom. The van der Waals surface area contributed by atoms with Crippen LogP contribution in [0.2, 0.25) is 0 Å². The van der Waals surface area contributed by atoms with Gasteiger partial charge in [0, 0.05) is 10.8 Å². The molecule has 0 spiro atoms. The molecule has 0 saturated carbocycles. The van der Waals surface area contributed by atoms with Crippen LogP contribution in [0.3, 0.4) is 0 Å². The van der Waals surface area contributed by atoms with Crippen molar-refractivity contribution < 1.29 is 0 Å². The number of hydrogen-bond donors (Lipinski definition) is 3. The van der Waals surface area contributed by atoms with Crippen LogP contribution in [0.25, 0.3) is 10.9 Å². The summed E-state index contributed by atoms with van der Waals surface area (Å²) in [5.41, 5.74) is 17.4. The van der Waals surface area contributed by atoms with Crippen LogP contribution in [0.5, 0.6) is 0 Å². The lowest BCUT2D eigenvalue weighted by atomic mass is 10.2. The predicted octanol–water partition coefficient (Wildman–Crippen LogP) is 0.516. The molecule has 7 heteroatoms. The van der Waals surface area contributed by atoms with Crippen LogP contribution >= 0.6 is 11.5 Å². The van der Waals surface area contributed by atoms with E-state index < -0.39 is 0 Å². The van der Waals surface area contributed by atoms with Gasteiger partial charge in [-0.05, 0) is 29.7 Å². The maximum atomic E-state index is 5.51. The lowest BCUT2D eigenvalue weighted by Gasteiger charge is -1.95. The minimum Gasteiger partial charge on any atom is -0.370 e. The van der Waals surface area contributed by atoms with Crippen molar-refractivity contribution in [2.24, 2.45) is 27.2 Å². The van der Waals surface area contributed by atoms with Crippen LogP contribution in [0.1, 0.15) is 0 Å². The van der Waals surface area contributed by atoms with Crippen molar-refractivity contribution in [3.05, 3.63) is 23.6 Å². The molecule has 1 heterocycles. The summed E-state index contributed by atoms with van der Waals surface area (Å²) in [5.74, 6) is -0.0921. The van der Waals surface area contributed by atoms with Gasteiger partial charge < -0.3 is 17.2 Å². The molecule has 0 radical (unpaired) electrons. The highest BCUT2D eigenvalue weighted by Gasteiger charge is 1.98. The van der Waals surface area contributed by atoms with E-state index in [1.54, 1.807) is 0 Å². The molecule has 16 heavy (non-hydrogen) atoms. The van der Waals surface area contributed by atoms with Crippen LogP contribution < -0.4 is 17.2 Å². The van der Waals surface area contributed by atoms with Gasteiger partial charge in [0.25, 0.3) is 0 Å². The molecular weight excluding hydrogens is 224 g/mol. The molecule has 0 aliphatic heterocycles. The van der Waals surface area contributed by atoms with Gasteiger partial charge in [0.15, 0.2) is 5.96 Å². The molecule has 0 atom stereocenters. The average molecular weight is 234 g/mol. The van der Waals surface area contributed by atoms with Gasteiger partial charge in [-0.1, -0.05) is 0 Å². The first-order chi connectivity index (χ1) is 7.65. The number of aromatic nitrogens is 1. The van der Waals surface area contributed by atoms with Crippen LogP contribution in [-0.2, 0) is 0 Å². The molecule has 0 aliphatic rings. The van der Waals surface area contributed by atoms with E-state index in [9.17, 15) is 0 Å². The summed E-state index contributed by atoms with van der Waals surface area (Å²) < 4.78 is 4.19. The monoisotopic (exact) mass is 234 g/mol. The van der Waals surface area contributed by atoms with E-state index in [0.717, 1.165) is 10.9 Å². The van der Waals surface area contributed by atoms with Gasteiger partial charge >= 0.3 is 0 Å². The fraction of sp³-hybridized carbons (Fsp3) is 0. The second kappa shape index (κ2) is 4.15. The molecule has 0 bridgehead atoms. The van der Waals surface area contributed by atoms with Gasteiger partial charge in [-0.3, -0.25) is 0 Å². The predicted molar refractivity (Wildman–Crippen MR) is 66.7 cm³/mol. The van der Waals surface area contributed by atoms with Crippen molar-refractivity contribution >= 4 is 40.0 Å². The van der Waals surface area contributed by atoms with Gasteiger partial charge in [0.1, 0.15) is 0 Å². The molecule has 6 N–H and O–H groups in total. The fourth-order valence-electron chi connectivity index (χ4n) is 1.21. The van der Waals surface area contributed by atoms with E-state index in [2.05, 4.69) is 14.4 Å². The van der Waals surface area contributed by atoms with Gasteiger partial charge in [-0.25, -0.2) is 4.99 Å². The fourth-order valence-corrected chi connectivity index (χ4v) is 1.85. The molecule has 2 rings (SSSR count). The lowest BCUT2D eigenvalue weighted by molar-refractivity contribution is 1.38. The number of hydrogen-bond acceptors (Lipinski definition) is 3. The van der Waals surface area contributed by atoms with Crippen LogP contribution in [-0.4, -0.2) is 16.3 Å². The number of benzene rings is 1. The van der Waals surface area contributed by atoms with Crippen LogP contribution in [0.4, 0.5) is 5.69 Å². The van der Waals surface area contributed by atoms with E-state index >= 15 is 0 Å². The normalized spacial score (nSPS) is 11.6. The Morgan fingerprint density at radius 1 is 1.25 bits per heavy atom. The minimum absolute atomic E-state index is 0.0228. The molecule has 0 unspecified atom stereocenters. The number of rotatable bonds is 1. The highest BCUT2D eigenvalue weighted by Crippen LogP contribution is 2.21. The summed E-state index contributed by atoms with van der Waals surface area (Å²) in [6.07, 6.45) is 0. The average Bonchev–Trinajstić information content (AvgIpc) is 2.63. The Hall–Kier alpha value is -2.15. The van der Waals surface area contributed by atoms with Gasteiger partial charge in [0.2, 0.25) is 5.96 Å². The number of guanidine groups is 2. The van der Waals surface area contributed by atoms with Crippen molar-refractivity contribution in [3.8, 4) is 0 Å². The second-order valence-electron chi connectivity index (χ2n) is 3.06. The maximum absolute atomic E-state index is 5.51. The van der Waals surface area contributed by atoms with E-state index in [4.69, 9.17) is 17.2 Å². The first kappa shape index (κ1) is 10.4. The number of aliphatic imine (C=N–C) groups is 2. The molecule has 0 fully saturated rings. The van der Waals surface area contributed by atoms with E-state index in [0.29, 0.717) is 5.69 Å². The first-order valence-corrected chi connectivity index (χ1v) is 5.27. The topological polar surface area (TPSA) is 116 Å². The van der Waals surface area contributed by atoms with E-state index in [1.807, 2.05) is 23.6 Å². The summed E-state index contributed by atoms with van der Waals surface area (Å²) in [4.78, 5) is 7.66. The standard InChI is InChI=1S/C9H10N6S/c10-8(11)14-9(12)13-6-2-1-5-4-16-15-7(5)3-6/h1-4H,(H6,10,11,12,13,14). The van der Waals surface area contributed by atoms with E-state index in [-0.39, 0.29) is 11.9 Å².